The number of nitrogens with one attached hydrogen (secondary N) is 1. The normalized spacial score (nSPS) is 10.6. The fourth-order valence-electron chi connectivity index (χ4n) is 0.781. The molecule has 0 aliphatic carbocycles. The fraction of sp³-hybridized carbons (Fsp3) is 0. The van der Waals surface area contributed by atoms with Gasteiger partial charge < -0.3 is 10.1 Å². The van der Waals surface area contributed by atoms with Gasteiger partial charge >= 0.3 is 0 Å². The molecule has 2 aromatic rings. The van der Waals surface area contributed by atoms with Gasteiger partial charge in [-0.1, -0.05) is 0 Å². The molecule has 11 heavy (non-hydrogen) atoms. The van der Waals surface area contributed by atoms with Crippen molar-refractivity contribution in [1.82, 2.24) is 19.9 Å². The van der Waals surface area contributed by atoms with Crippen LogP contribution in [0.4, 0.5) is 0 Å². The smallest absolute Gasteiger partial charge is 0.223 e. The van der Waals surface area contributed by atoms with Gasteiger partial charge in [-0.2, -0.15) is 4.98 Å². The van der Waals surface area contributed by atoms with E-state index in [4.69, 9.17) is 11.6 Å². The summed E-state index contributed by atoms with van der Waals surface area (Å²) in [5.74, 6) is -0.433. The van der Waals surface area contributed by atoms with E-state index in [0.717, 1.165) is 0 Å². The minimum absolute atomic E-state index is 0.0744. The molecular weight excluding hydrogens is 168 g/mol. The van der Waals surface area contributed by atoms with E-state index in [-0.39, 0.29) is 10.8 Å². The van der Waals surface area contributed by atoms with Crippen molar-refractivity contribution in [1.29, 1.82) is 0 Å². The Morgan fingerprint density at radius 3 is 3.09 bits per heavy atom. The lowest BCUT2D eigenvalue weighted by molar-refractivity contribution is -0.272. The summed E-state index contributed by atoms with van der Waals surface area (Å²) in [6.07, 6.45) is 1.37. The van der Waals surface area contributed by atoms with E-state index < -0.39 is 5.88 Å². The van der Waals surface area contributed by atoms with Crippen LogP contribution in [0.1, 0.15) is 0 Å². The molecule has 2 aromatic heterocycles. The summed E-state index contributed by atoms with van der Waals surface area (Å²) in [6.45, 7) is 0. The zero-order chi connectivity index (χ0) is 7.84. The first-order valence-electron chi connectivity index (χ1n) is 2.81. The molecule has 0 spiro atoms. The quantitative estimate of drug-likeness (QED) is 0.567. The van der Waals surface area contributed by atoms with Gasteiger partial charge in [0.05, 0.1) is 11.8 Å². The van der Waals surface area contributed by atoms with Crippen LogP contribution in [0, 0.1) is 0 Å². The number of fused-ring (bicyclic) bond motifs is 1. The molecule has 6 heteroatoms. The van der Waals surface area contributed by atoms with Gasteiger partial charge in [-0.05, 0) is 11.6 Å². The van der Waals surface area contributed by atoms with Crippen LogP contribution in [0.2, 0.25) is 5.28 Å². The molecule has 2 rings (SSSR count). The highest BCUT2D eigenvalue weighted by Crippen LogP contribution is 2.15. The number of imidazole rings is 1. The Balaban J connectivity index is 2.91. The van der Waals surface area contributed by atoms with Crippen LogP contribution in [0.15, 0.2) is 6.33 Å². The number of hydrogen-bond donors (Lipinski definition) is 1. The summed E-state index contributed by atoms with van der Waals surface area (Å²) < 4.78 is 0. The third-order valence-electron chi connectivity index (χ3n) is 1.23. The summed E-state index contributed by atoms with van der Waals surface area (Å²) in [4.78, 5) is 13.5. The average molecular weight is 170 g/mol. The van der Waals surface area contributed by atoms with E-state index in [0.29, 0.717) is 5.65 Å². The number of rotatable bonds is 0. The first-order chi connectivity index (χ1) is 5.27. The minimum Gasteiger partial charge on any atom is -0.857 e. The van der Waals surface area contributed by atoms with Crippen molar-refractivity contribution in [3.8, 4) is 5.88 Å². The highest BCUT2D eigenvalue weighted by atomic mass is 35.5. The van der Waals surface area contributed by atoms with E-state index in [9.17, 15) is 5.11 Å². The maximum atomic E-state index is 11.0. The molecule has 0 aliphatic rings. The number of nitrogens with zero attached hydrogens (tertiary/aromatic N) is 3. The standard InChI is InChI=1S/C5H3ClN4O/c6-5-9-3-2(4(11)10-5)7-1-8-3/h1H,(H2,7,8,9,10,11)/p-1. The van der Waals surface area contributed by atoms with Gasteiger partial charge in [0.15, 0.2) is 5.65 Å². The summed E-state index contributed by atoms with van der Waals surface area (Å²) in [7, 11) is 0. The van der Waals surface area contributed by atoms with Gasteiger partial charge in [-0.3, -0.25) is 0 Å². The predicted molar refractivity (Wildman–Crippen MR) is 36.1 cm³/mol. The third-order valence-corrected chi connectivity index (χ3v) is 1.39. The van der Waals surface area contributed by atoms with Crippen LogP contribution >= 0.6 is 11.6 Å². The topological polar surface area (TPSA) is 77.5 Å². The molecule has 0 aromatic carbocycles. The lowest BCUT2D eigenvalue weighted by atomic mass is 10.5. The SMILES string of the molecule is [O-]c1nc(Cl)nc2nc[nH]c12. The van der Waals surface area contributed by atoms with Gasteiger partial charge in [0.25, 0.3) is 0 Å². The lowest BCUT2D eigenvalue weighted by Crippen LogP contribution is -1.96. The Kier molecular flexibility index (Phi) is 1.19. The Morgan fingerprint density at radius 1 is 1.45 bits per heavy atom. The largest absolute Gasteiger partial charge is 0.857 e. The predicted octanol–water partition coefficient (Wildman–Crippen LogP) is 0.0799. The van der Waals surface area contributed by atoms with Crippen LogP contribution in [0.25, 0.3) is 11.2 Å². The van der Waals surface area contributed by atoms with Crippen LogP contribution in [0.5, 0.6) is 5.88 Å². The molecular formula is C5H2ClN4O-. The lowest BCUT2D eigenvalue weighted by Gasteiger charge is -2.02. The number of aromatic amines is 1. The number of aromatic nitrogens is 4. The van der Waals surface area contributed by atoms with Crippen LogP contribution in [-0.2, 0) is 0 Å². The molecule has 0 unspecified atom stereocenters. The van der Waals surface area contributed by atoms with Crippen molar-refractivity contribution >= 4 is 22.8 Å². The van der Waals surface area contributed by atoms with Crippen molar-refractivity contribution in [2.24, 2.45) is 0 Å². The molecule has 56 valence electrons. The third kappa shape index (κ3) is 0.894. The minimum atomic E-state index is -0.433. The van der Waals surface area contributed by atoms with Crippen molar-refractivity contribution in [3.63, 3.8) is 0 Å². The first-order valence-corrected chi connectivity index (χ1v) is 3.19. The van der Waals surface area contributed by atoms with Crippen molar-refractivity contribution < 1.29 is 5.11 Å². The molecule has 2 heterocycles. The van der Waals surface area contributed by atoms with Crippen molar-refractivity contribution in [3.05, 3.63) is 11.6 Å². The maximum absolute atomic E-state index is 11.0. The van der Waals surface area contributed by atoms with Crippen LogP contribution < -0.4 is 5.11 Å². The molecule has 0 aliphatic heterocycles. The number of halogens is 1. The Hall–Kier alpha value is -1.36. The van der Waals surface area contributed by atoms with Gasteiger partial charge in [0.2, 0.25) is 5.28 Å². The van der Waals surface area contributed by atoms with Crippen LogP contribution in [-0.4, -0.2) is 19.9 Å². The van der Waals surface area contributed by atoms with Gasteiger partial charge in [0.1, 0.15) is 0 Å². The fourth-order valence-corrected chi connectivity index (χ4v) is 0.938. The van der Waals surface area contributed by atoms with Crippen molar-refractivity contribution in [2.75, 3.05) is 0 Å². The summed E-state index contributed by atoms with van der Waals surface area (Å²) in [6, 6.07) is 0. The zero-order valence-electron chi connectivity index (χ0n) is 5.21. The van der Waals surface area contributed by atoms with E-state index in [1.807, 2.05) is 0 Å². The Morgan fingerprint density at radius 2 is 2.27 bits per heavy atom. The molecule has 0 radical (unpaired) electrons. The van der Waals surface area contributed by atoms with E-state index in [1.165, 1.54) is 6.33 Å². The molecule has 5 nitrogen and oxygen atoms in total. The molecule has 0 bridgehead atoms. The zero-order valence-corrected chi connectivity index (χ0v) is 5.96. The Labute approximate surface area is 66.1 Å². The number of H-pyrrole nitrogens is 1. The van der Waals surface area contributed by atoms with E-state index in [1.54, 1.807) is 0 Å². The highest BCUT2D eigenvalue weighted by Gasteiger charge is 1.99. The van der Waals surface area contributed by atoms with Crippen LogP contribution in [0.3, 0.4) is 0 Å². The second kappa shape index (κ2) is 2.06. The average Bonchev–Trinajstić information content (AvgIpc) is 2.34. The van der Waals surface area contributed by atoms with Gasteiger partial charge in [-0.15, -0.1) is 0 Å². The number of hydrogen-bond acceptors (Lipinski definition) is 4. The molecule has 1 N–H and O–H groups in total. The monoisotopic (exact) mass is 169 g/mol. The summed E-state index contributed by atoms with van der Waals surface area (Å²) in [5, 5.41) is 10.9. The second-order valence-corrected chi connectivity index (χ2v) is 2.24. The molecule has 0 fully saturated rings. The summed E-state index contributed by atoms with van der Waals surface area (Å²) >= 11 is 5.40. The van der Waals surface area contributed by atoms with Gasteiger partial charge in [0, 0.05) is 5.88 Å². The molecule has 0 saturated carbocycles. The highest BCUT2D eigenvalue weighted by molar-refractivity contribution is 6.28. The first kappa shape index (κ1) is 6.36. The Bertz CT molecular complexity index is 398. The van der Waals surface area contributed by atoms with E-state index in [2.05, 4.69) is 19.9 Å². The summed E-state index contributed by atoms with van der Waals surface area (Å²) in [5.41, 5.74) is 0.587. The molecule has 0 amide bonds. The van der Waals surface area contributed by atoms with Crippen molar-refractivity contribution in [2.45, 2.75) is 0 Å². The van der Waals surface area contributed by atoms with Gasteiger partial charge in [-0.25, -0.2) is 9.97 Å². The van der Waals surface area contributed by atoms with E-state index >= 15 is 0 Å². The molecule has 0 saturated heterocycles. The second-order valence-electron chi connectivity index (χ2n) is 1.90. The maximum Gasteiger partial charge on any atom is 0.223 e. The molecule has 0 atom stereocenters.